The summed E-state index contributed by atoms with van der Waals surface area (Å²) in [5, 5.41) is 0.414. The molecule has 10 heteroatoms. The summed E-state index contributed by atoms with van der Waals surface area (Å²) >= 11 is 0. The predicted molar refractivity (Wildman–Crippen MR) is 171 cm³/mol. The van der Waals surface area contributed by atoms with Crippen LogP contribution in [0.3, 0.4) is 0 Å². The molecule has 3 heterocycles. The number of nitrogens with zero attached hydrogens (tertiary/aromatic N) is 2. The number of aromatic nitrogens is 3. The van der Waals surface area contributed by atoms with Crippen molar-refractivity contribution in [3.63, 3.8) is 0 Å². The highest BCUT2D eigenvalue weighted by Gasteiger charge is 2.51. The van der Waals surface area contributed by atoms with Gasteiger partial charge < -0.3 is 9.55 Å². The zero-order valence-electron chi connectivity index (χ0n) is 24.5. The zero-order valence-corrected chi connectivity index (χ0v) is 25.3. The molecule has 0 saturated heterocycles. The van der Waals surface area contributed by atoms with Crippen LogP contribution < -0.4 is 11.1 Å². The van der Waals surface area contributed by atoms with E-state index in [2.05, 4.69) is 4.98 Å². The van der Waals surface area contributed by atoms with Gasteiger partial charge in [-0.2, -0.15) is 0 Å². The van der Waals surface area contributed by atoms with E-state index in [1.165, 1.54) is 43.6 Å². The Labute approximate surface area is 257 Å². The normalized spacial score (nSPS) is 20.2. The van der Waals surface area contributed by atoms with Gasteiger partial charge in [-0.1, -0.05) is 54.6 Å². The minimum absolute atomic E-state index is 0.0742. The maximum Gasteiger partial charge on any atom is 0.273 e. The van der Waals surface area contributed by atoms with Gasteiger partial charge in [-0.15, -0.1) is 0 Å². The van der Waals surface area contributed by atoms with E-state index in [1.807, 2.05) is 36.5 Å². The first-order chi connectivity index (χ1) is 21.5. The van der Waals surface area contributed by atoms with Crippen LogP contribution >= 0.6 is 0 Å². The SMILES string of the molecule is CC1=CC(c2cc(=O)n(C3CC3)cc2-c2ccccc2)=CC(c2cccc(F)c2F)C1(C)S(=O)(=O)n1ccc2cc[nH]c(=O)c21. The number of pyridine rings is 2. The van der Waals surface area contributed by atoms with E-state index in [0.717, 1.165) is 34.0 Å². The molecule has 1 saturated carbocycles. The van der Waals surface area contributed by atoms with Gasteiger partial charge in [0.15, 0.2) is 11.6 Å². The van der Waals surface area contributed by atoms with Crippen LogP contribution in [-0.2, 0) is 10.0 Å². The number of fused-ring (bicyclic) bond motifs is 1. The summed E-state index contributed by atoms with van der Waals surface area (Å²) in [7, 11) is -4.50. The molecule has 2 aliphatic carbocycles. The second-order valence-corrected chi connectivity index (χ2v) is 14.0. The molecule has 45 heavy (non-hydrogen) atoms. The molecule has 228 valence electrons. The number of halogens is 2. The van der Waals surface area contributed by atoms with Gasteiger partial charge in [0.25, 0.3) is 11.1 Å². The van der Waals surface area contributed by atoms with E-state index in [1.54, 1.807) is 29.7 Å². The van der Waals surface area contributed by atoms with Crippen molar-refractivity contribution >= 4 is 26.5 Å². The number of nitrogens with one attached hydrogen (secondary N) is 1. The second-order valence-electron chi connectivity index (χ2n) is 11.8. The predicted octanol–water partition coefficient (Wildman–Crippen LogP) is 6.54. The van der Waals surface area contributed by atoms with Crippen molar-refractivity contribution in [1.29, 1.82) is 0 Å². The molecule has 0 aliphatic heterocycles. The first-order valence-electron chi connectivity index (χ1n) is 14.6. The Morgan fingerprint density at radius 2 is 1.71 bits per heavy atom. The van der Waals surface area contributed by atoms with E-state index in [0.29, 0.717) is 22.1 Å². The van der Waals surface area contributed by atoms with E-state index >= 15 is 4.39 Å². The molecule has 2 aliphatic rings. The molecule has 5 aromatic rings. The summed E-state index contributed by atoms with van der Waals surface area (Å²) < 4.78 is 60.6. The summed E-state index contributed by atoms with van der Waals surface area (Å²) in [5.74, 6) is -3.53. The number of aromatic amines is 1. The van der Waals surface area contributed by atoms with E-state index in [9.17, 15) is 22.4 Å². The Kier molecular flexibility index (Phi) is 6.67. The van der Waals surface area contributed by atoms with Gasteiger partial charge in [0.1, 0.15) is 10.3 Å². The fourth-order valence-corrected chi connectivity index (χ4v) is 8.47. The molecule has 7 nitrogen and oxygen atoms in total. The Bertz CT molecular complexity index is 2300. The van der Waals surface area contributed by atoms with Crippen molar-refractivity contribution in [2.24, 2.45) is 0 Å². The lowest BCUT2D eigenvalue weighted by Crippen LogP contribution is -2.47. The summed E-state index contributed by atoms with van der Waals surface area (Å²) in [5.41, 5.74) is 1.94. The van der Waals surface area contributed by atoms with Crippen molar-refractivity contribution < 1.29 is 17.2 Å². The first kappa shape index (κ1) is 28.9. The van der Waals surface area contributed by atoms with Crippen molar-refractivity contribution in [3.05, 3.63) is 147 Å². The maximum absolute atomic E-state index is 15.7. The van der Waals surface area contributed by atoms with E-state index in [-0.39, 0.29) is 22.7 Å². The third-order valence-corrected chi connectivity index (χ3v) is 11.7. The third-order valence-electron chi connectivity index (χ3n) is 9.20. The van der Waals surface area contributed by atoms with Crippen LogP contribution in [-0.4, -0.2) is 26.7 Å². The standard InChI is InChI=1S/C35H29F2N3O4S/c1-21-17-24(27-19-31(41)39(25-11-12-25)20-28(27)22-7-4-3-5-8-22)18-29(26-9-6-10-30(36)32(26)37)35(21,2)45(43,44)40-16-14-23-13-15-38-34(42)33(23)40/h3-10,13-20,25,29H,11-12H2,1-2H3,(H,38,42). The molecule has 0 bridgehead atoms. The van der Waals surface area contributed by atoms with E-state index in [4.69, 9.17) is 0 Å². The molecular weight excluding hydrogens is 596 g/mol. The molecule has 1 N–H and O–H groups in total. The minimum Gasteiger partial charge on any atom is -0.327 e. The summed E-state index contributed by atoms with van der Waals surface area (Å²) in [6.07, 6.45) is 9.65. The zero-order chi connectivity index (χ0) is 31.7. The maximum atomic E-state index is 15.7. The monoisotopic (exact) mass is 625 g/mol. The topological polar surface area (TPSA) is 93.9 Å². The number of rotatable bonds is 6. The van der Waals surface area contributed by atoms with Crippen molar-refractivity contribution in [1.82, 2.24) is 13.5 Å². The summed E-state index contributed by atoms with van der Waals surface area (Å²) in [6.45, 7) is 3.08. The highest BCUT2D eigenvalue weighted by molar-refractivity contribution is 7.91. The minimum atomic E-state index is -4.50. The average molecular weight is 626 g/mol. The summed E-state index contributed by atoms with van der Waals surface area (Å²) in [6, 6.07) is 18.0. The molecule has 2 unspecified atom stereocenters. The molecule has 0 amide bonds. The lowest BCUT2D eigenvalue weighted by atomic mass is 9.75. The average Bonchev–Trinajstić information content (AvgIpc) is 3.77. The van der Waals surface area contributed by atoms with Gasteiger partial charge in [0, 0.05) is 47.6 Å². The van der Waals surface area contributed by atoms with Crippen LogP contribution in [0, 0.1) is 11.6 Å². The van der Waals surface area contributed by atoms with Crippen LogP contribution in [0.15, 0.2) is 113 Å². The van der Waals surface area contributed by atoms with Crippen molar-refractivity contribution in [2.45, 2.75) is 43.4 Å². The largest absolute Gasteiger partial charge is 0.327 e. The molecule has 3 aromatic heterocycles. The fourth-order valence-electron chi connectivity index (χ4n) is 6.43. The van der Waals surface area contributed by atoms with Crippen molar-refractivity contribution in [3.8, 4) is 11.1 Å². The summed E-state index contributed by atoms with van der Waals surface area (Å²) in [4.78, 5) is 28.7. The Morgan fingerprint density at radius 3 is 2.44 bits per heavy atom. The van der Waals surface area contributed by atoms with Crippen LogP contribution in [0.25, 0.3) is 27.6 Å². The molecule has 1 fully saturated rings. The lowest BCUT2D eigenvalue weighted by molar-refractivity contribution is 0.476. The molecule has 2 aromatic carbocycles. The van der Waals surface area contributed by atoms with Crippen LogP contribution in [0.1, 0.15) is 49.8 Å². The number of allylic oxidation sites excluding steroid dienone is 3. The van der Waals surface area contributed by atoms with Crippen molar-refractivity contribution in [2.75, 3.05) is 0 Å². The highest BCUT2D eigenvalue weighted by atomic mass is 32.2. The Balaban J connectivity index is 1.49. The van der Waals surface area contributed by atoms with Gasteiger partial charge in [-0.25, -0.2) is 21.2 Å². The van der Waals surface area contributed by atoms with Gasteiger partial charge in [0.2, 0.25) is 10.0 Å². The third kappa shape index (κ3) is 4.46. The molecular formula is C35H29F2N3O4S. The quantitative estimate of drug-likeness (QED) is 0.232. The van der Waals surface area contributed by atoms with Crippen LogP contribution in [0.5, 0.6) is 0 Å². The molecule has 0 radical (unpaired) electrons. The number of hydrogen-bond donors (Lipinski definition) is 1. The molecule has 2 atom stereocenters. The molecule has 7 rings (SSSR count). The van der Waals surface area contributed by atoms with Gasteiger partial charge in [-0.05, 0) is 72.7 Å². The van der Waals surface area contributed by atoms with Gasteiger partial charge >= 0.3 is 0 Å². The number of benzene rings is 2. The van der Waals surface area contributed by atoms with Crippen LogP contribution in [0.4, 0.5) is 8.78 Å². The number of H-pyrrole nitrogens is 1. The number of hydrogen-bond acceptors (Lipinski definition) is 4. The Morgan fingerprint density at radius 1 is 0.956 bits per heavy atom. The Hall–Kier alpha value is -4.83. The van der Waals surface area contributed by atoms with E-state index < -0.39 is 37.9 Å². The van der Waals surface area contributed by atoms with Crippen LogP contribution in [0.2, 0.25) is 0 Å². The first-order valence-corrected chi connectivity index (χ1v) is 16.1. The second kappa shape index (κ2) is 10.4. The highest BCUT2D eigenvalue weighted by Crippen LogP contribution is 2.49. The smallest absolute Gasteiger partial charge is 0.273 e. The molecule has 0 spiro atoms. The van der Waals surface area contributed by atoms with Gasteiger partial charge in [-0.3, -0.25) is 9.59 Å². The lowest BCUT2D eigenvalue weighted by Gasteiger charge is -2.40. The van der Waals surface area contributed by atoms with Gasteiger partial charge in [0.05, 0.1) is 0 Å². The fraction of sp³-hybridized carbons (Fsp3) is 0.200.